The predicted molar refractivity (Wildman–Crippen MR) is 59.0 cm³/mol. The molecule has 0 aromatic carbocycles. The van der Waals surface area contributed by atoms with Gasteiger partial charge in [0, 0.05) is 19.3 Å². The maximum Gasteiger partial charge on any atom is 0.143 e. The Balaban J connectivity index is 2.50. The van der Waals surface area contributed by atoms with Gasteiger partial charge in [-0.05, 0) is 13.0 Å². The van der Waals surface area contributed by atoms with Crippen molar-refractivity contribution >= 4 is 16.9 Å². The van der Waals surface area contributed by atoms with Crippen LogP contribution in [0.3, 0.4) is 0 Å². The lowest BCUT2D eigenvalue weighted by Gasteiger charge is -2.16. The van der Waals surface area contributed by atoms with E-state index in [-0.39, 0.29) is 6.61 Å². The number of aromatic nitrogens is 3. The van der Waals surface area contributed by atoms with Gasteiger partial charge in [-0.15, -0.1) is 0 Å². The van der Waals surface area contributed by atoms with Crippen LogP contribution in [-0.2, 0) is 0 Å². The molecule has 15 heavy (non-hydrogen) atoms. The zero-order valence-electron chi connectivity index (χ0n) is 8.86. The minimum absolute atomic E-state index is 0.116. The van der Waals surface area contributed by atoms with E-state index in [4.69, 9.17) is 5.11 Å². The third kappa shape index (κ3) is 1.78. The molecule has 2 rings (SSSR count). The Kier molecular flexibility index (Phi) is 2.55. The van der Waals surface area contributed by atoms with Crippen LogP contribution in [0.5, 0.6) is 0 Å². The number of H-pyrrole nitrogens is 1. The summed E-state index contributed by atoms with van der Waals surface area (Å²) in [4.78, 5) is 13.4. The number of nitrogens with zero attached hydrogens (tertiary/aromatic N) is 3. The molecule has 0 bridgehead atoms. The third-order valence-electron chi connectivity index (χ3n) is 2.34. The summed E-state index contributed by atoms with van der Waals surface area (Å²) >= 11 is 0. The number of likely N-dealkylation sites (N-methyl/N-ethyl adjacent to an activating group) is 1. The fraction of sp³-hybridized carbons (Fsp3) is 0.400. The van der Waals surface area contributed by atoms with Gasteiger partial charge in [-0.25, -0.2) is 9.97 Å². The normalized spacial score (nSPS) is 10.9. The van der Waals surface area contributed by atoms with Crippen LogP contribution in [0, 0.1) is 6.92 Å². The monoisotopic (exact) mass is 206 g/mol. The highest BCUT2D eigenvalue weighted by molar-refractivity contribution is 5.87. The first-order valence-corrected chi connectivity index (χ1v) is 4.84. The molecular formula is C10H14N4O. The number of nitrogens with one attached hydrogen (secondary N) is 1. The molecule has 0 aliphatic rings. The predicted octanol–water partition coefficient (Wildman–Crippen LogP) is 0.695. The summed E-state index contributed by atoms with van der Waals surface area (Å²) in [6.45, 7) is 2.67. The van der Waals surface area contributed by atoms with E-state index < -0.39 is 0 Å². The highest BCUT2D eigenvalue weighted by Gasteiger charge is 2.09. The lowest BCUT2D eigenvalue weighted by molar-refractivity contribution is 0.304. The lowest BCUT2D eigenvalue weighted by atomic mass is 10.3. The molecule has 0 fully saturated rings. The minimum atomic E-state index is 0.116. The number of hydrogen-bond donors (Lipinski definition) is 2. The summed E-state index contributed by atoms with van der Waals surface area (Å²) in [6.07, 6.45) is 1.53. The van der Waals surface area contributed by atoms with Crippen molar-refractivity contribution in [2.75, 3.05) is 25.1 Å². The zero-order chi connectivity index (χ0) is 10.8. The number of fused-ring (bicyclic) bond motifs is 1. The molecule has 80 valence electrons. The molecule has 2 N–H and O–H groups in total. The highest BCUT2D eigenvalue weighted by Crippen LogP contribution is 2.22. The smallest absolute Gasteiger partial charge is 0.143 e. The summed E-state index contributed by atoms with van der Waals surface area (Å²) in [7, 11) is 1.90. The van der Waals surface area contributed by atoms with Crippen LogP contribution in [0.15, 0.2) is 12.4 Å². The van der Waals surface area contributed by atoms with E-state index in [1.54, 1.807) is 0 Å². The van der Waals surface area contributed by atoms with Crippen molar-refractivity contribution in [1.29, 1.82) is 0 Å². The molecule has 0 aliphatic carbocycles. The Bertz CT molecular complexity index is 465. The number of hydrogen-bond acceptors (Lipinski definition) is 4. The van der Waals surface area contributed by atoms with Gasteiger partial charge in [0.15, 0.2) is 0 Å². The number of rotatable bonds is 3. The summed E-state index contributed by atoms with van der Waals surface area (Å²) < 4.78 is 0. The molecule has 0 spiro atoms. The number of aryl methyl sites for hydroxylation is 1. The van der Waals surface area contributed by atoms with Gasteiger partial charge < -0.3 is 15.0 Å². The Labute approximate surface area is 87.8 Å². The van der Waals surface area contributed by atoms with Gasteiger partial charge >= 0.3 is 0 Å². The lowest BCUT2D eigenvalue weighted by Crippen LogP contribution is -2.22. The average Bonchev–Trinajstić information content (AvgIpc) is 2.57. The standard InChI is InChI=1S/C10H14N4O/c1-7-5-8-9(13-7)11-6-12-10(8)14(2)3-4-15/h5-6,15H,3-4H2,1-2H3,(H,11,12,13). The SMILES string of the molecule is Cc1cc2c(N(C)CCO)ncnc2[nH]1. The van der Waals surface area contributed by atoms with Crippen LogP contribution < -0.4 is 4.90 Å². The summed E-state index contributed by atoms with van der Waals surface area (Å²) in [6, 6.07) is 2.01. The van der Waals surface area contributed by atoms with Crippen molar-refractivity contribution in [2.45, 2.75) is 6.92 Å². The van der Waals surface area contributed by atoms with Crippen LogP contribution in [0.4, 0.5) is 5.82 Å². The highest BCUT2D eigenvalue weighted by atomic mass is 16.3. The molecule has 0 saturated heterocycles. The van der Waals surface area contributed by atoms with E-state index in [1.807, 2.05) is 24.9 Å². The van der Waals surface area contributed by atoms with Crippen molar-refractivity contribution in [2.24, 2.45) is 0 Å². The first kappa shape index (κ1) is 9.92. The first-order chi connectivity index (χ1) is 7.22. The topological polar surface area (TPSA) is 65.0 Å². The van der Waals surface area contributed by atoms with E-state index >= 15 is 0 Å². The zero-order valence-corrected chi connectivity index (χ0v) is 8.86. The minimum Gasteiger partial charge on any atom is -0.395 e. The van der Waals surface area contributed by atoms with E-state index in [0.717, 1.165) is 22.5 Å². The van der Waals surface area contributed by atoms with Crippen molar-refractivity contribution < 1.29 is 5.11 Å². The molecule has 2 heterocycles. The molecule has 0 unspecified atom stereocenters. The Morgan fingerprint density at radius 1 is 1.47 bits per heavy atom. The maximum absolute atomic E-state index is 8.88. The van der Waals surface area contributed by atoms with Crippen LogP contribution in [0.2, 0.25) is 0 Å². The second-order valence-corrected chi connectivity index (χ2v) is 3.56. The molecule has 0 aliphatic heterocycles. The largest absolute Gasteiger partial charge is 0.395 e. The number of anilines is 1. The molecule has 0 radical (unpaired) electrons. The van der Waals surface area contributed by atoms with Gasteiger partial charge in [-0.1, -0.05) is 0 Å². The number of aliphatic hydroxyl groups excluding tert-OH is 1. The van der Waals surface area contributed by atoms with Gasteiger partial charge in [0.05, 0.1) is 12.0 Å². The van der Waals surface area contributed by atoms with Gasteiger partial charge in [-0.2, -0.15) is 0 Å². The molecule has 0 atom stereocenters. The van der Waals surface area contributed by atoms with Crippen molar-refractivity contribution in [3.63, 3.8) is 0 Å². The fourth-order valence-electron chi connectivity index (χ4n) is 1.62. The molecule has 2 aromatic heterocycles. The molecule has 5 heteroatoms. The molecule has 2 aromatic rings. The summed E-state index contributed by atoms with van der Waals surface area (Å²) in [5, 5.41) is 9.87. The van der Waals surface area contributed by atoms with E-state index in [0.29, 0.717) is 6.54 Å². The van der Waals surface area contributed by atoms with Crippen LogP contribution in [0.25, 0.3) is 11.0 Å². The number of aliphatic hydroxyl groups is 1. The van der Waals surface area contributed by atoms with E-state index in [2.05, 4.69) is 15.0 Å². The van der Waals surface area contributed by atoms with Crippen molar-refractivity contribution in [3.05, 3.63) is 18.1 Å². The van der Waals surface area contributed by atoms with Gasteiger partial charge in [0.1, 0.15) is 17.8 Å². The quantitative estimate of drug-likeness (QED) is 0.775. The molecular weight excluding hydrogens is 192 g/mol. The first-order valence-electron chi connectivity index (χ1n) is 4.84. The Morgan fingerprint density at radius 3 is 3.00 bits per heavy atom. The second kappa shape index (κ2) is 3.86. The molecule has 5 nitrogen and oxygen atoms in total. The molecule has 0 saturated carbocycles. The van der Waals surface area contributed by atoms with E-state index in [1.165, 1.54) is 6.33 Å². The van der Waals surface area contributed by atoms with Crippen LogP contribution in [-0.4, -0.2) is 40.3 Å². The van der Waals surface area contributed by atoms with Gasteiger partial charge in [0.2, 0.25) is 0 Å². The van der Waals surface area contributed by atoms with E-state index in [9.17, 15) is 0 Å². The second-order valence-electron chi connectivity index (χ2n) is 3.56. The summed E-state index contributed by atoms with van der Waals surface area (Å²) in [5.74, 6) is 0.846. The Morgan fingerprint density at radius 2 is 2.27 bits per heavy atom. The van der Waals surface area contributed by atoms with Gasteiger partial charge in [-0.3, -0.25) is 0 Å². The van der Waals surface area contributed by atoms with Gasteiger partial charge in [0.25, 0.3) is 0 Å². The van der Waals surface area contributed by atoms with Crippen LogP contribution in [0.1, 0.15) is 5.69 Å². The van der Waals surface area contributed by atoms with Crippen molar-refractivity contribution in [1.82, 2.24) is 15.0 Å². The molecule has 0 amide bonds. The maximum atomic E-state index is 8.88. The average molecular weight is 206 g/mol. The Hall–Kier alpha value is -1.62. The summed E-state index contributed by atoms with van der Waals surface area (Å²) in [5.41, 5.74) is 1.89. The fourth-order valence-corrected chi connectivity index (χ4v) is 1.62. The van der Waals surface area contributed by atoms with Crippen molar-refractivity contribution in [3.8, 4) is 0 Å². The number of aromatic amines is 1. The third-order valence-corrected chi connectivity index (χ3v) is 2.34. The van der Waals surface area contributed by atoms with Crippen LogP contribution >= 0.6 is 0 Å².